The molecule has 0 bridgehead atoms. The number of hydrogen-bond donors (Lipinski definition) is 1. The van der Waals surface area contributed by atoms with Gasteiger partial charge in [0, 0.05) is 5.69 Å². The maximum atomic E-state index is 11.6. The predicted octanol–water partition coefficient (Wildman–Crippen LogP) is 2.35. The SMILES string of the molecule is N#Cc1cccc(N(C=O)C(C(=O)O)c2ccccc2)c1. The van der Waals surface area contributed by atoms with E-state index in [0.717, 1.165) is 4.90 Å². The highest BCUT2D eigenvalue weighted by Crippen LogP contribution is 2.26. The number of anilines is 1. The number of benzene rings is 2. The number of amides is 1. The van der Waals surface area contributed by atoms with Crippen molar-refractivity contribution in [3.8, 4) is 6.07 Å². The van der Waals surface area contributed by atoms with Crippen LogP contribution in [0.2, 0.25) is 0 Å². The largest absolute Gasteiger partial charge is 0.479 e. The van der Waals surface area contributed by atoms with E-state index in [-0.39, 0.29) is 0 Å². The van der Waals surface area contributed by atoms with Gasteiger partial charge in [-0.3, -0.25) is 9.69 Å². The summed E-state index contributed by atoms with van der Waals surface area (Å²) in [5.41, 5.74) is 1.20. The molecule has 2 aromatic rings. The summed E-state index contributed by atoms with van der Waals surface area (Å²) in [6.45, 7) is 0. The monoisotopic (exact) mass is 280 g/mol. The zero-order valence-corrected chi connectivity index (χ0v) is 11.0. The molecule has 1 N–H and O–H groups in total. The molecular weight excluding hydrogens is 268 g/mol. The molecule has 0 heterocycles. The highest BCUT2D eigenvalue weighted by Gasteiger charge is 2.27. The van der Waals surface area contributed by atoms with Crippen LogP contribution in [0.15, 0.2) is 54.6 Å². The van der Waals surface area contributed by atoms with E-state index in [4.69, 9.17) is 5.26 Å². The smallest absolute Gasteiger partial charge is 0.331 e. The second kappa shape index (κ2) is 6.35. The molecule has 0 aliphatic carbocycles. The van der Waals surface area contributed by atoms with E-state index < -0.39 is 12.0 Å². The van der Waals surface area contributed by atoms with E-state index in [9.17, 15) is 14.7 Å². The number of nitrogens with zero attached hydrogens (tertiary/aromatic N) is 2. The molecular formula is C16H12N2O3. The van der Waals surface area contributed by atoms with Gasteiger partial charge in [0.15, 0.2) is 6.04 Å². The minimum absolute atomic E-state index is 0.358. The van der Waals surface area contributed by atoms with Crippen LogP contribution in [0.1, 0.15) is 17.2 Å². The Kier molecular flexibility index (Phi) is 4.32. The molecule has 2 aromatic carbocycles. The second-order valence-electron chi connectivity index (χ2n) is 4.33. The Hall–Kier alpha value is -3.13. The Balaban J connectivity index is 2.48. The zero-order valence-electron chi connectivity index (χ0n) is 11.0. The van der Waals surface area contributed by atoms with E-state index >= 15 is 0 Å². The van der Waals surface area contributed by atoms with Crippen LogP contribution in [0, 0.1) is 11.3 Å². The molecule has 5 heteroatoms. The molecule has 0 spiro atoms. The number of aliphatic carboxylic acids is 1. The summed E-state index contributed by atoms with van der Waals surface area (Å²) in [6, 6.07) is 15.6. The van der Waals surface area contributed by atoms with Gasteiger partial charge in [0.05, 0.1) is 11.6 Å². The summed E-state index contributed by atoms with van der Waals surface area (Å²) < 4.78 is 0. The van der Waals surface area contributed by atoms with Gasteiger partial charge in [0.2, 0.25) is 6.41 Å². The van der Waals surface area contributed by atoms with Crippen molar-refractivity contribution in [3.63, 3.8) is 0 Å². The van der Waals surface area contributed by atoms with Crippen LogP contribution >= 0.6 is 0 Å². The first-order valence-electron chi connectivity index (χ1n) is 6.19. The highest BCUT2D eigenvalue weighted by atomic mass is 16.4. The molecule has 0 saturated carbocycles. The third-order valence-electron chi connectivity index (χ3n) is 3.01. The molecule has 0 aliphatic rings. The van der Waals surface area contributed by atoms with E-state index in [1.807, 2.05) is 6.07 Å². The van der Waals surface area contributed by atoms with Gasteiger partial charge in [0.25, 0.3) is 0 Å². The van der Waals surface area contributed by atoms with Crippen molar-refractivity contribution in [2.24, 2.45) is 0 Å². The molecule has 0 saturated heterocycles. The summed E-state index contributed by atoms with van der Waals surface area (Å²) >= 11 is 0. The lowest BCUT2D eigenvalue weighted by atomic mass is 10.0. The van der Waals surface area contributed by atoms with Crippen LogP contribution < -0.4 is 4.90 Å². The van der Waals surface area contributed by atoms with E-state index in [1.165, 1.54) is 6.07 Å². The van der Waals surface area contributed by atoms with Gasteiger partial charge in [0.1, 0.15) is 0 Å². The van der Waals surface area contributed by atoms with Gasteiger partial charge in [-0.25, -0.2) is 4.79 Å². The fraction of sp³-hybridized carbons (Fsp3) is 0.0625. The average Bonchev–Trinajstić information content (AvgIpc) is 2.53. The van der Waals surface area contributed by atoms with Gasteiger partial charge in [-0.15, -0.1) is 0 Å². The molecule has 1 unspecified atom stereocenters. The molecule has 5 nitrogen and oxygen atoms in total. The van der Waals surface area contributed by atoms with Crippen LogP contribution in [0.25, 0.3) is 0 Å². The molecule has 0 radical (unpaired) electrons. The number of carbonyl (C=O) groups excluding carboxylic acids is 1. The maximum absolute atomic E-state index is 11.6. The predicted molar refractivity (Wildman–Crippen MR) is 76.5 cm³/mol. The lowest BCUT2D eigenvalue weighted by Crippen LogP contribution is -2.33. The first-order chi connectivity index (χ1) is 10.2. The van der Waals surface area contributed by atoms with Crippen LogP contribution in [0.4, 0.5) is 5.69 Å². The van der Waals surface area contributed by atoms with Crippen molar-refractivity contribution in [3.05, 3.63) is 65.7 Å². The Morgan fingerprint density at radius 1 is 1.19 bits per heavy atom. The third-order valence-corrected chi connectivity index (χ3v) is 3.01. The number of carboxylic acids is 1. The van der Waals surface area contributed by atoms with Crippen LogP contribution in [0.5, 0.6) is 0 Å². The molecule has 104 valence electrons. The third kappa shape index (κ3) is 3.07. The number of rotatable bonds is 5. The maximum Gasteiger partial charge on any atom is 0.331 e. The molecule has 0 aromatic heterocycles. The van der Waals surface area contributed by atoms with E-state index in [2.05, 4.69) is 0 Å². The number of carboxylic acid groups (broad SMARTS) is 1. The van der Waals surface area contributed by atoms with E-state index in [0.29, 0.717) is 23.2 Å². The van der Waals surface area contributed by atoms with Crippen LogP contribution in [0.3, 0.4) is 0 Å². The Labute approximate surface area is 121 Å². The number of nitriles is 1. The standard InChI is InChI=1S/C16H12N2O3/c17-10-12-5-4-8-14(9-12)18(11-19)15(16(20)21)13-6-2-1-3-7-13/h1-9,11,15H,(H,20,21). The summed E-state index contributed by atoms with van der Waals surface area (Å²) in [4.78, 5) is 24.1. The van der Waals surface area contributed by atoms with Crippen molar-refractivity contribution >= 4 is 18.1 Å². The quantitative estimate of drug-likeness (QED) is 0.852. The molecule has 2 rings (SSSR count). The summed E-state index contributed by atoms with van der Waals surface area (Å²) in [5.74, 6) is -1.14. The number of hydrogen-bond acceptors (Lipinski definition) is 3. The van der Waals surface area contributed by atoms with Gasteiger partial charge < -0.3 is 5.11 Å². The number of carbonyl (C=O) groups is 2. The molecule has 1 amide bonds. The molecule has 1 atom stereocenters. The topological polar surface area (TPSA) is 81.4 Å². The van der Waals surface area contributed by atoms with Crippen LogP contribution in [-0.2, 0) is 9.59 Å². The highest BCUT2D eigenvalue weighted by molar-refractivity contribution is 5.89. The Morgan fingerprint density at radius 3 is 2.48 bits per heavy atom. The summed E-state index contributed by atoms with van der Waals surface area (Å²) in [5, 5.41) is 18.4. The average molecular weight is 280 g/mol. The lowest BCUT2D eigenvalue weighted by Gasteiger charge is -2.25. The van der Waals surface area contributed by atoms with Gasteiger partial charge in [-0.2, -0.15) is 5.26 Å². The van der Waals surface area contributed by atoms with Gasteiger partial charge in [-0.1, -0.05) is 36.4 Å². The minimum atomic E-state index is -1.14. The summed E-state index contributed by atoms with van der Waals surface area (Å²) in [7, 11) is 0. The Bertz CT molecular complexity index is 692. The minimum Gasteiger partial charge on any atom is -0.479 e. The van der Waals surface area contributed by atoms with Crippen molar-refractivity contribution in [2.45, 2.75) is 6.04 Å². The second-order valence-corrected chi connectivity index (χ2v) is 4.33. The van der Waals surface area contributed by atoms with Crippen molar-refractivity contribution < 1.29 is 14.7 Å². The van der Waals surface area contributed by atoms with Crippen molar-refractivity contribution in [1.82, 2.24) is 0 Å². The first kappa shape index (κ1) is 14.3. The van der Waals surface area contributed by atoms with Gasteiger partial charge >= 0.3 is 5.97 Å². The lowest BCUT2D eigenvalue weighted by molar-refractivity contribution is -0.139. The Morgan fingerprint density at radius 2 is 1.90 bits per heavy atom. The first-order valence-corrected chi connectivity index (χ1v) is 6.19. The fourth-order valence-electron chi connectivity index (χ4n) is 2.06. The van der Waals surface area contributed by atoms with Crippen molar-refractivity contribution in [2.75, 3.05) is 4.90 Å². The molecule has 0 aliphatic heterocycles. The normalized spacial score (nSPS) is 11.2. The van der Waals surface area contributed by atoms with Crippen LogP contribution in [-0.4, -0.2) is 17.5 Å². The van der Waals surface area contributed by atoms with Crippen molar-refractivity contribution in [1.29, 1.82) is 5.26 Å². The summed E-state index contributed by atoms with van der Waals surface area (Å²) in [6.07, 6.45) is 0.461. The molecule has 0 fully saturated rings. The molecule has 21 heavy (non-hydrogen) atoms. The van der Waals surface area contributed by atoms with Gasteiger partial charge in [-0.05, 0) is 23.8 Å². The van der Waals surface area contributed by atoms with E-state index in [1.54, 1.807) is 48.5 Å². The zero-order chi connectivity index (χ0) is 15.2. The fourth-order valence-corrected chi connectivity index (χ4v) is 2.06.